The number of quaternary nitrogens is 1. The number of esters is 2. The van der Waals surface area contributed by atoms with E-state index >= 15 is 0 Å². The topological polar surface area (TPSA) is 108 Å². The molecule has 0 aromatic heterocycles. The van der Waals surface area contributed by atoms with Gasteiger partial charge in [0.15, 0.2) is 6.10 Å². The van der Waals surface area contributed by atoms with Gasteiger partial charge in [-0.05, 0) is 38.5 Å². The van der Waals surface area contributed by atoms with Crippen LogP contribution in [-0.2, 0) is 32.7 Å². The van der Waals surface area contributed by atoms with E-state index in [4.69, 9.17) is 18.5 Å². The Balaban J connectivity index is 4.50. The number of ether oxygens (including phenoxy) is 2. The van der Waals surface area contributed by atoms with Gasteiger partial charge in [0.25, 0.3) is 0 Å². The molecular weight excluding hydrogens is 581 g/mol. The fourth-order valence-electron chi connectivity index (χ4n) is 4.48. The fourth-order valence-corrected chi connectivity index (χ4v) is 5.22. The van der Waals surface area contributed by atoms with Crippen LogP contribution in [0.4, 0.5) is 0 Å². The summed E-state index contributed by atoms with van der Waals surface area (Å²) in [5, 5.41) is 0. The van der Waals surface area contributed by atoms with Crippen molar-refractivity contribution in [1.29, 1.82) is 0 Å². The molecule has 0 aliphatic heterocycles. The third kappa shape index (κ3) is 30.8. The number of likely N-dealkylation sites (N-methyl/N-ethyl adjacent to an activating group) is 1. The molecule has 0 rings (SSSR count). The summed E-state index contributed by atoms with van der Waals surface area (Å²) in [6.45, 7) is 4.33. The third-order valence-electron chi connectivity index (χ3n) is 7.30. The van der Waals surface area contributed by atoms with Crippen molar-refractivity contribution in [3.05, 3.63) is 12.2 Å². The predicted octanol–water partition coefficient (Wildman–Crippen LogP) is 8.68. The van der Waals surface area contributed by atoms with E-state index < -0.39 is 26.5 Å². The van der Waals surface area contributed by atoms with Crippen LogP contribution in [-0.4, -0.2) is 74.9 Å². The summed E-state index contributed by atoms with van der Waals surface area (Å²) in [7, 11) is 1.47. The number of nitrogens with zero attached hydrogens (tertiary/aromatic N) is 1. The number of phosphoric acid groups is 1. The van der Waals surface area contributed by atoms with Crippen LogP contribution in [0.15, 0.2) is 12.2 Å². The summed E-state index contributed by atoms with van der Waals surface area (Å²) >= 11 is 0. The Labute approximate surface area is 269 Å². The molecule has 260 valence electrons. The molecule has 1 N–H and O–H groups in total. The van der Waals surface area contributed by atoms with Crippen molar-refractivity contribution >= 4 is 19.8 Å². The lowest BCUT2D eigenvalue weighted by atomic mass is 10.1. The standard InChI is InChI=1S/C34H66NO8P/c1-6-8-10-12-14-16-17-18-19-21-23-25-27-34(37)43-32(31-42-44(38,39)41-29-28-35(3,4)5)30-40-33(36)26-24-22-20-15-13-11-9-7-2/h14,16,32H,6-13,15,17-31H2,1-5H3/p+1/b16-14-/t32-/m0/s1. The van der Waals surface area contributed by atoms with Gasteiger partial charge in [0.05, 0.1) is 27.7 Å². The van der Waals surface area contributed by atoms with Crippen LogP contribution in [0.5, 0.6) is 0 Å². The Bertz CT molecular complexity index is 784. The van der Waals surface area contributed by atoms with Gasteiger partial charge in [0.1, 0.15) is 19.8 Å². The van der Waals surface area contributed by atoms with Gasteiger partial charge in [-0.15, -0.1) is 0 Å². The van der Waals surface area contributed by atoms with Gasteiger partial charge in [-0.25, -0.2) is 4.57 Å². The molecule has 0 amide bonds. The Morgan fingerprint density at radius 3 is 1.73 bits per heavy atom. The van der Waals surface area contributed by atoms with Gasteiger partial charge in [0.2, 0.25) is 0 Å². The number of carbonyl (C=O) groups is 2. The van der Waals surface area contributed by atoms with E-state index in [2.05, 4.69) is 26.0 Å². The van der Waals surface area contributed by atoms with Gasteiger partial charge in [-0.2, -0.15) is 0 Å². The molecule has 0 saturated heterocycles. The summed E-state index contributed by atoms with van der Waals surface area (Å²) in [5.74, 6) is -0.814. The van der Waals surface area contributed by atoms with Crippen molar-refractivity contribution in [2.24, 2.45) is 0 Å². The second-order valence-corrected chi connectivity index (χ2v) is 14.4. The van der Waals surface area contributed by atoms with E-state index in [-0.39, 0.29) is 32.0 Å². The van der Waals surface area contributed by atoms with Crippen molar-refractivity contribution in [3.63, 3.8) is 0 Å². The Hall–Kier alpha value is -1.25. The average molecular weight is 649 g/mol. The molecule has 2 atom stereocenters. The molecule has 0 aliphatic carbocycles. The van der Waals surface area contributed by atoms with Crippen LogP contribution in [0.3, 0.4) is 0 Å². The number of hydrogen-bond donors (Lipinski definition) is 1. The molecule has 9 nitrogen and oxygen atoms in total. The maximum absolute atomic E-state index is 12.5. The predicted molar refractivity (Wildman–Crippen MR) is 178 cm³/mol. The Kier molecular flexibility index (Phi) is 27.2. The maximum atomic E-state index is 12.5. The average Bonchev–Trinajstić information content (AvgIpc) is 2.95. The first-order chi connectivity index (χ1) is 21.0. The molecular formula is C34H67NO8P+. The summed E-state index contributed by atoms with van der Waals surface area (Å²) in [4.78, 5) is 34.9. The highest BCUT2D eigenvalue weighted by atomic mass is 31.2. The summed E-state index contributed by atoms with van der Waals surface area (Å²) in [6.07, 6.45) is 24.1. The van der Waals surface area contributed by atoms with Crippen molar-refractivity contribution in [2.45, 2.75) is 148 Å². The summed E-state index contributed by atoms with van der Waals surface area (Å²) in [6, 6.07) is 0. The lowest BCUT2D eigenvalue weighted by molar-refractivity contribution is -0.870. The summed E-state index contributed by atoms with van der Waals surface area (Å²) < 4.78 is 34.0. The lowest BCUT2D eigenvalue weighted by Crippen LogP contribution is -2.37. The molecule has 0 fully saturated rings. The van der Waals surface area contributed by atoms with E-state index in [0.717, 1.165) is 51.4 Å². The molecule has 0 aromatic rings. The molecule has 44 heavy (non-hydrogen) atoms. The SMILES string of the molecule is CCCCC/C=C\CCCCCCCC(=O)O[C@@H](COC(=O)CCCCCCCCCC)COP(=O)(O)OCC[N+](C)(C)C. The van der Waals surface area contributed by atoms with Gasteiger partial charge < -0.3 is 18.9 Å². The largest absolute Gasteiger partial charge is 0.472 e. The monoisotopic (exact) mass is 648 g/mol. The molecule has 0 radical (unpaired) electrons. The molecule has 0 spiro atoms. The highest BCUT2D eigenvalue weighted by Gasteiger charge is 2.27. The first kappa shape index (κ1) is 42.8. The van der Waals surface area contributed by atoms with Gasteiger partial charge >= 0.3 is 19.8 Å². The zero-order chi connectivity index (χ0) is 32.9. The number of phosphoric ester groups is 1. The number of allylic oxidation sites excluding steroid dienone is 2. The highest BCUT2D eigenvalue weighted by Crippen LogP contribution is 2.43. The Morgan fingerprint density at radius 2 is 1.16 bits per heavy atom. The van der Waals surface area contributed by atoms with Crippen LogP contribution in [0.1, 0.15) is 142 Å². The number of hydrogen-bond acceptors (Lipinski definition) is 7. The van der Waals surface area contributed by atoms with Crippen LogP contribution >= 0.6 is 7.82 Å². The van der Waals surface area contributed by atoms with E-state index in [0.29, 0.717) is 17.4 Å². The van der Waals surface area contributed by atoms with Crippen molar-refractivity contribution in [2.75, 3.05) is 47.5 Å². The van der Waals surface area contributed by atoms with Gasteiger partial charge in [-0.1, -0.05) is 103 Å². The third-order valence-corrected chi connectivity index (χ3v) is 8.28. The van der Waals surface area contributed by atoms with Crippen molar-refractivity contribution in [3.8, 4) is 0 Å². The maximum Gasteiger partial charge on any atom is 0.472 e. The molecule has 0 aliphatic rings. The van der Waals surface area contributed by atoms with E-state index in [9.17, 15) is 19.0 Å². The first-order valence-corrected chi connectivity index (χ1v) is 18.9. The highest BCUT2D eigenvalue weighted by molar-refractivity contribution is 7.47. The van der Waals surface area contributed by atoms with Gasteiger partial charge in [0, 0.05) is 12.8 Å². The van der Waals surface area contributed by atoms with Gasteiger partial charge in [-0.3, -0.25) is 18.6 Å². The zero-order valence-electron chi connectivity index (χ0n) is 28.9. The smallest absolute Gasteiger partial charge is 0.462 e. The minimum Gasteiger partial charge on any atom is -0.462 e. The minimum atomic E-state index is -4.36. The Morgan fingerprint density at radius 1 is 0.682 bits per heavy atom. The van der Waals surface area contributed by atoms with E-state index in [1.54, 1.807) is 0 Å². The summed E-state index contributed by atoms with van der Waals surface area (Å²) in [5.41, 5.74) is 0. The van der Waals surface area contributed by atoms with E-state index in [1.807, 2.05) is 21.1 Å². The van der Waals surface area contributed by atoms with Crippen LogP contribution in [0.2, 0.25) is 0 Å². The zero-order valence-corrected chi connectivity index (χ0v) is 29.8. The number of rotatable bonds is 31. The normalized spacial score (nSPS) is 14.0. The first-order valence-electron chi connectivity index (χ1n) is 17.4. The van der Waals surface area contributed by atoms with Crippen molar-refractivity contribution < 1.29 is 42.1 Å². The second-order valence-electron chi connectivity index (χ2n) is 12.9. The van der Waals surface area contributed by atoms with Crippen LogP contribution in [0.25, 0.3) is 0 Å². The second kappa shape index (κ2) is 28.0. The van der Waals surface area contributed by atoms with Crippen LogP contribution < -0.4 is 0 Å². The lowest BCUT2D eigenvalue weighted by Gasteiger charge is -2.24. The van der Waals surface area contributed by atoms with Crippen molar-refractivity contribution in [1.82, 2.24) is 0 Å². The fraction of sp³-hybridized carbons (Fsp3) is 0.882. The minimum absolute atomic E-state index is 0.0323. The number of carbonyl (C=O) groups excluding carboxylic acids is 2. The number of unbranched alkanes of at least 4 members (excludes halogenated alkanes) is 15. The van der Waals surface area contributed by atoms with Crippen LogP contribution in [0, 0.1) is 0 Å². The molecule has 0 heterocycles. The molecule has 1 unspecified atom stereocenters. The molecule has 0 saturated carbocycles. The molecule has 0 bridgehead atoms. The quantitative estimate of drug-likeness (QED) is 0.0262. The van der Waals surface area contributed by atoms with E-state index in [1.165, 1.54) is 57.8 Å². The molecule has 0 aromatic carbocycles. The molecule has 10 heteroatoms.